The summed E-state index contributed by atoms with van der Waals surface area (Å²) in [6.45, 7) is 15.6. The minimum absolute atomic E-state index is 0.920. The van der Waals surface area contributed by atoms with Gasteiger partial charge in [-0.05, 0) is 50.4 Å². The lowest BCUT2D eigenvalue weighted by molar-refractivity contribution is 0.136. The van der Waals surface area contributed by atoms with Crippen LogP contribution in [0.4, 0.5) is 0 Å². The summed E-state index contributed by atoms with van der Waals surface area (Å²) in [5.41, 5.74) is 2.81. The number of unbranched alkanes of at least 4 members (excludes halogenated alkanes) is 1. The number of guanidine groups is 1. The molecule has 1 aromatic carbocycles. The monoisotopic (exact) mass is 397 g/mol. The van der Waals surface area contributed by atoms with Crippen LogP contribution >= 0.6 is 0 Å². The van der Waals surface area contributed by atoms with Crippen LogP contribution in [0.2, 0.25) is 0 Å². The van der Waals surface area contributed by atoms with Crippen LogP contribution in [-0.4, -0.2) is 86.1 Å². The Morgan fingerprint density at radius 2 is 1.72 bits per heavy atom. The fourth-order valence-electron chi connectivity index (χ4n) is 4.16. The number of aliphatic imine (C=N–C) groups is 1. The number of rotatable bonds is 8. The van der Waals surface area contributed by atoms with Crippen LogP contribution < -0.4 is 5.32 Å². The molecule has 160 valence electrons. The van der Waals surface area contributed by atoms with Crippen molar-refractivity contribution in [3.05, 3.63) is 42.0 Å². The molecule has 0 aromatic heterocycles. The largest absolute Gasteiger partial charge is 0.357 e. The first kappa shape index (κ1) is 21.8. The highest BCUT2D eigenvalue weighted by molar-refractivity contribution is 5.81. The molecule has 29 heavy (non-hydrogen) atoms. The normalized spacial score (nSPS) is 19.3. The molecule has 1 N–H and O–H groups in total. The summed E-state index contributed by atoms with van der Waals surface area (Å²) >= 11 is 0. The molecule has 1 saturated heterocycles. The zero-order chi connectivity index (χ0) is 20.3. The summed E-state index contributed by atoms with van der Waals surface area (Å²) in [5.74, 6) is 1.08. The van der Waals surface area contributed by atoms with Crippen LogP contribution in [0.3, 0.4) is 0 Å². The van der Waals surface area contributed by atoms with Crippen LogP contribution in [0.25, 0.3) is 5.57 Å². The number of hydrogen-bond donors (Lipinski definition) is 1. The molecule has 0 amide bonds. The second kappa shape index (κ2) is 12.0. The predicted molar refractivity (Wildman–Crippen MR) is 124 cm³/mol. The molecule has 0 saturated carbocycles. The van der Waals surface area contributed by atoms with E-state index in [1.54, 1.807) is 0 Å². The Bertz CT molecular complexity index is 646. The topological polar surface area (TPSA) is 34.1 Å². The first-order valence-corrected chi connectivity index (χ1v) is 11.5. The number of nitrogens with zero attached hydrogens (tertiary/aromatic N) is 4. The highest BCUT2D eigenvalue weighted by Crippen LogP contribution is 2.22. The predicted octanol–water partition coefficient (Wildman–Crippen LogP) is 3.16. The maximum atomic E-state index is 4.92. The molecule has 0 spiro atoms. The summed E-state index contributed by atoms with van der Waals surface area (Å²) in [6.07, 6.45) is 5.86. The highest BCUT2D eigenvalue weighted by Gasteiger charge is 2.16. The number of benzene rings is 1. The van der Waals surface area contributed by atoms with E-state index >= 15 is 0 Å². The van der Waals surface area contributed by atoms with E-state index in [-0.39, 0.29) is 0 Å². The van der Waals surface area contributed by atoms with Gasteiger partial charge in [-0.3, -0.25) is 4.99 Å². The molecule has 0 radical (unpaired) electrons. The number of piperazine rings is 1. The maximum absolute atomic E-state index is 4.92. The minimum Gasteiger partial charge on any atom is -0.357 e. The second-order valence-corrected chi connectivity index (χ2v) is 8.01. The van der Waals surface area contributed by atoms with Gasteiger partial charge in [0.05, 0.1) is 0 Å². The van der Waals surface area contributed by atoms with Gasteiger partial charge < -0.3 is 20.0 Å². The third-order valence-electron chi connectivity index (χ3n) is 6.04. The first-order valence-electron chi connectivity index (χ1n) is 11.5. The average Bonchev–Trinajstić information content (AvgIpc) is 2.79. The fourth-order valence-corrected chi connectivity index (χ4v) is 4.16. The third kappa shape index (κ3) is 6.86. The quantitative estimate of drug-likeness (QED) is 0.415. The molecule has 0 bridgehead atoms. The van der Waals surface area contributed by atoms with E-state index in [4.69, 9.17) is 4.99 Å². The van der Waals surface area contributed by atoms with Crippen molar-refractivity contribution in [2.24, 2.45) is 4.99 Å². The van der Waals surface area contributed by atoms with Gasteiger partial charge in [0.25, 0.3) is 0 Å². The van der Waals surface area contributed by atoms with E-state index < -0.39 is 0 Å². The van der Waals surface area contributed by atoms with Crippen molar-refractivity contribution in [1.29, 1.82) is 0 Å². The van der Waals surface area contributed by atoms with E-state index in [0.29, 0.717) is 0 Å². The molecule has 0 unspecified atom stereocenters. The molecule has 1 aromatic rings. The lowest BCUT2D eigenvalue weighted by atomic mass is 10.00. The van der Waals surface area contributed by atoms with E-state index in [1.165, 1.54) is 63.2 Å². The summed E-state index contributed by atoms with van der Waals surface area (Å²) in [6, 6.07) is 10.8. The van der Waals surface area contributed by atoms with Gasteiger partial charge in [-0.25, -0.2) is 0 Å². The van der Waals surface area contributed by atoms with Crippen molar-refractivity contribution in [3.63, 3.8) is 0 Å². The van der Waals surface area contributed by atoms with Crippen molar-refractivity contribution in [2.75, 3.05) is 65.4 Å². The summed E-state index contributed by atoms with van der Waals surface area (Å²) in [4.78, 5) is 12.5. The van der Waals surface area contributed by atoms with Crippen molar-refractivity contribution in [1.82, 2.24) is 20.0 Å². The number of likely N-dealkylation sites (N-methyl/N-ethyl adjacent to an activating group) is 1. The number of nitrogens with one attached hydrogen (secondary N) is 1. The Morgan fingerprint density at radius 1 is 0.966 bits per heavy atom. The molecule has 2 aliphatic rings. The molecule has 5 nitrogen and oxygen atoms in total. The third-order valence-corrected chi connectivity index (χ3v) is 6.04. The summed E-state index contributed by atoms with van der Waals surface area (Å²) < 4.78 is 0. The number of hydrogen-bond acceptors (Lipinski definition) is 3. The Morgan fingerprint density at radius 3 is 2.38 bits per heavy atom. The SMILES string of the molecule is CCNC(=NCCCCN1CCN(CC)CC1)N1CC=C(c2ccccc2)CC1. The Balaban J connectivity index is 1.41. The fraction of sp³-hybridized carbons (Fsp3) is 0.625. The summed E-state index contributed by atoms with van der Waals surface area (Å²) in [5, 5.41) is 3.49. The van der Waals surface area contributed by atoms with Crippen LogP contribution in [0.1, 0.15) is 38.7 Å². The van der Waals surface area contributed by atoms with E-state index in [9.17, 15) is 0 Å². The molecule has 2 aliphatic heterocycles. The van der Waals surface area contributed by atoms with Crippen molar-refractivity contribution in [2.45, 2.75) is 33.1 Å². The smallest absolute Gasteiger partial charge is 0.194 e. The molecule has 3 rings (SSSR count). The zero-order valence-electron chi connectivity index (χ0n) is 18.4. The van der Waals surface area contributed by atoms with Gasteiger partial charge in [-0.2, -0.15) is 0 Å². The van der Waals surface area contributed by atoms with Gasteiger partial charge >= 0.3 is 0 Å². The molecule has 5 heteroatoms. The Kier molecular flexibility index (Phi) is 9.03. The van der Waals surface area contributed by atoms with Crippen molar-refractivity contribution >= 4 is 11.5 Å². The van der Waals surface area contributed by atoms with Crippen LogP contribution in [0.5, 0.6) is 0 Å². The van der Waals surface area contributed by atoms with Gasteiger partial charge in [-0.1, -0.05) is 43.3 Å². The first-order chi connectivity index (χ1) is 14.3. The van der Waals surface area contributed by atoms with Crippen LogP contribution in [0.15, 0.2) is 41.4 Å². The molecular formula is C24H39N5. The van der Waals surface area contributed by atoms with E-state index in [2.05, 4.69) is 70.3 Å². The van der Waals surface area contributed by atoms with E-state index in [0.717, 1.165) is 38.6 Å². The van der Waals surface area contributed by atoms with Crippen LogP contribution in [0, 0.1) is 0 Å². The van der Waals surface area contributed by atoms with E-state index in [1.807, 2.05) is 0 Å². The van der Waals surface area contributed by atoms with Crippen molar-refractivity contribution in [3.8, 4) is 0 Å². The molecule has 2 heterocycles. The minimum atomic E-state index is 0.920. The average molecular weight is 398 g/mol. The van der Waals surface area contributed by atoms with Crippen molar-refractivity contribution < 1.29 is 0 Å². The maximum Gasteiger partial charge on any atom is 0.194 e. The standard InChI is InChI=1S/C24H39N5/c1-3-25-24(26-14-8-9-15-28-20-18-27(4-2)19-21-28)29-16-12-23(13-17-29)22-10-6-5-7-11-22/h5-7,10-12H,3-4,8-9,13-21H2,1-2H3,(H,25,26). The van der Waals surface area contributed by atoms with Gasteiger partial charge in [0.15, 0.2) is 5.96 Å². The van der Waals surface area contributed by atoms with Gasteiger partial charge in [0.1, 0.15) is 0 Å². The lowest BCUT2D eigenvalue weighted by Gasteiger charge is -2.34. The van der Waals surface area contributed by atoms with Crippen LogP contribution in [-0.2, 0) is 0 Å². The summed E-state index contributed by atoms with van der Waals surface area (Å²) in [7, 11) is 0. The van der Waals surface area contributed by atoms with Gasteiger partial charge in [0.2, 0.25) is 0 Å². The Labute approximate surface area is 177 Å². The second-order valence-electron chi connectivity index (χ2n) is 8.01. The highest BCUT2D eigenvalue weighted by atomic mass is 15.3. The van der Waals surface area contributed by atoms with Gasteiger partial charge in [0, 0.05) is 52.4 Å². The molecular weight excluding hydrogens is 358 g/mol. The molecule has 0 atom stereocenters. The Hall–Kier alpha value is -1.85. The molecule has 0 aliphatic carbocycles. The lowest BCUT2D eigenvalue weighted by Crippen LogP contribution is -2.46. The zero-order valence-corrected chi connectivity index (χ0v) is 18.4. The molecule has 1 fully saturated rings. The van der Waals surface area contributed by atoms with Gasteiger partial charge in [-0.15, -0.1) is 0 Å².